The Morgan fingerprint density at radius 3 is 2.52 bits per heavy atom. The minimum atomic E-state index is -0.267. The molecule has 0 bridgehead atoms. The van der Waals surface area contributed by atoms with Crippen LogP contribution < -0.4 is 10.6 Å². The zero-order valence-corrected chi connectivity index (χ0v) is 12.7. The molecular weight excluding hydrogens is 264 g/mol. The van der Waals surface area contributed by atoms with E-state index in [0.29, 0.717) is 6.54 Å². The molecule has 1 aromatic carbocycles. The Labute approximate surface area is 125 Å². The van der Waals surface area contributed by atoms with Gasteiger partial charge in [-0.25, -0.2) is 0 Å². The van der Waals surface area contributed by atoms with Gasteiger partial charge >= 0.3 is 0 Å². The van der Waals surface area contributed by atoms with Gasteiger partial charge in [-0.05, 0) is 38.5 Å². The highest BCUT2D eigenvalue weighted by atomic mass is 16.3. The minimum Gasteiger partial charge on any atom is -0.467 e. The molecule has 0 aliphatic carbocycles. The first-order valence-corrected chi connectivity index (χ1v) is 7.19. The Morgan fingerprint density at radius 2 is 1.90 bits per heavy atom. The maximum absolute atomic E-state index is 12.0. The summed E-state index contributed by atoms with van der Waals surface area (Å²) in [6, 6.07) is 11.8. The van der Waals surface area contributed by atoms with Gasteiger partial charge in [0.05, 0.1) is 18.8 Å². The number of nitrogens with one attached hydrogen (secondary N) is 2. The summed E-state index contributed by atoms with van der Waals surface area (Å²) in [5.74, 6) is 0.715. The Bertz CT molecular complexity index is 561. The van der Waals surface area contributed by atoms with E-state index in [1.807, 2.05) is 19.1 Å². The van der Waals surface area contributed by atoms with Gasteiger partial charge in [0.25, 0.3) is 0 Å². The average molecular weight is 286 g/mol. The van der Waals surface area contributed by atoms with E-state index in [2.05, 4.69) is 48.7 Å². The van der Waals surface area contributed by atoms with Crippen molar-refractivity contribution in [1.29, 1.82) is 0 Å². The third-order valence-electron chi connectivity index (χ3n) is 3.49. The van der Waals surface area contributed by atoms with Crippen molar-refractivity contribution >= 4 is 5.91 Å². The highest BCUT2D eigenvalue weighted by Crippen LogP contribution is 2.13. The molecule has 0 saturated heterocycles. The van der Waals surface area contributed by atoms with Crippen molar-refractivity contribution in [3.8, 4) is 0 Å². The van der Waals surface area contributed by atoms with Crippen LogP contribution in [0, 0.1) is 6.92 Å². The van der Waals surface area contributed by atoms with E-state index < -0.39 is 0 Å². The molecule has 1 aromatic heterocycles. The van der Waals surface area contributed by atoms with Crippen LogP contribution in [0.3, 0.4) is 0 Å². The Morgan fingerprint density at radius 1 is 1.19 bits per heavy atom. The number of hydrogen-bond donors (Lipinski definition) is 2. The molecule has 4 heteroatoms. The van der Waals surface area contributed by atoms with Crippen LogP contribution in [-0.2, 0) is 11.3 Å². The highest BCUT2D eigenvalue weighted by Gasteiger charge is 2.16. The second-order valence-electron chi connectivity index (χ2n) is 5.32. The van der Waals surface area contributed by atoms with Gasteiger partial charge in [0, 0.05) is 6.04 Å². The van der Waals surface area contributed by atoms with Crippen molar-refractivity contribution < 1.29 is 9.21 Å². The molecule has 1 unspecified atom stereocenters. The SMILES string of the molecule is Cc1ccc([C@@H](C)NC(C)C(=O)NCc2ccco2)cc1. The van der Waals surface area contributed by atoms with Crippen molar-refractivity contribution in [2.24, 2.45) is 0 Å². The highest BCUT2D eigenvalue weighted by molar-refractivity contribution is 5.81. The number of rotatable bonds is 6. The van der Waals surface area contributed by atoms with E-state index in [0.717, 1.165) is 5.76 Å². The van der Waals surface area contributed by atoms with Crippen LogP contribution in [0.2, 0.25) is 0 Å². The Hall–Kier alpha value is -2.07. The largest absolute Gasteiger partial charge is 0.467 e. The first-order chi connectivity index (χ1) is 10.1. The van der Waals surface area contributed by atoms with Crippen molar-refractivity contribution in [2.45, 2.75) is 39.4 Å². The molecular formula is C17H22N2O2. The molecule has 112 valence electrons. The molecule has 2 rings (SSSR count). The smallest absolute Gasteiger partial charge is 0.237 e. The van der Waals surface area contributed by atoms with Crippen LogP contribution in [0.4, 0.5) is 0 Å². The fraction of sp³-hybridized carbons (Fsp3) is 0.353. The van der Waals surface area contributed by atoms with Gasteiger partial charge in [0.15, 0.2) is 0 Å². The van der Waals surface area contributed by atoms with Crippen molar-refractivity contribution in [3.63, 3.8) is 0 Å². The predicted octanol–water partition coefficient (Wildman–Crippen LogP) is 2.94. The van der Waals surface area contributed by atoms with Gasteiger partial charge in [0.2, 0.25) is 5.91 Å². The monoisotopic (exact) mass is 286 g/mol. The van der Waals surface area contributed by atoms with Gasteiger partial charge in [-0.1, -0.05) is 29.8 Å². The van der Waals surface area contributed by atoms with Crippen LogP contribution in [-0.4, -0.2) is 11.9 Å². The Balaban J connectivity index is 1.83. The second-order valence-corrected chi connectivity index (χ2v) is 5.32. The maximum atomic E-state index is 12.0. The molecule has 2 N–H and O–H groups in total. The van der Waals surface area contributed by atoms with E-state index in [1.54, 1.807) is 6.26 Å². The topological polar surface area (TPSA) is 54.3 Å². The number of benzene rings is 1. The number of carbonyl (C=O) groups excluding carboxylic acids is 1. The minimum absolute atomic E-state index is 0.0367. The molecule has 0 aliphatic rings. The molecule has 0 aliphatic heterocycles. The lowest BCUT2D eigenvalue weighted by atomic mass is 10.1. The van der Waals surface area contributed by atoms with Gasteiger partial charge < -0.3 is 9.73 Å². The van der Waals surface area contributed by atoms with Crippen molar-refractivity contribution in [1.82, 2.24) is 10.6 Å². The average Bonchev–Trinajstić information content (AvgIpc) is 2.98. The Kier molecular flexibility index (Phi) is 5.17. The lowest BCUT2D eigenvalue weighted by Crippen LogP contribution is -2.42. The van der Waals surface area contributed by atoms with Gasteiger partial charge in [-0.2, -0.15) is 0 Å². The number of furan rings is 1. The second kappa shape index (κ2) is 7.09. The zero-order valence-electron chi connectivity index (χ0n) is 12.7. The van der Waals surface area contributed by atoms with Crippen molar-refractivity contribution in [3.05, 3.63) is 59.5 Å². The summed E-state index contributed by atoms with van der Waals surface area (Å²) in [7, 11) is 0. The zero-order chi connectivity index (χ0) is 15.2. The quantitative estimate of drug-likeness (QED) is 0.858. The van der Waals surface area contributed by atoms with E-state index in [9.17, 15) is 4.79 Å². The number of amides is 1. The molecule has 0 saturated carbocycles. The van der Waals surface area contributed by atoms with Crippen LogP contribution in [0.25, 0.3) is 0 Å². The maximum Gasteiger partial charge on any atom is 0.237 e. The standard InChI is InChI=1S/C17H22N2O2/c1-12-6-8-15(9-7-12)13(2)19-14(3)17(20)18-11-16-5-4-10-21-16/h4-10,13-14,19H,11H2,1-3H3,(H,18,20)/t13-,14?/m1/s1. The summed E-state index contributed by atoms with van der Waals surface area (Å²) in [6.07, 6.45) is 1.60. The normalized spacial score (nSPS) is 13.7. The lowest BCUT2D eigenvalue weighted by Gasteiger charge is -2.20. The molecule has 1 amide bonds. The van der Waals surface area contributed by atoms with E-state index >= 15 is 0 Å². The fourth-order valence-electron chi connectivity index (χ4n) is 2.14. The summed E-state index contributed by atoms with van der Waals surface area (Å²) in [4.78, 5) is 12.0. The predicted molar refractivity (Wildman–Crippen MR) is 82.7 cm³/mol. The first-order valence-electron chi connectivity index (χ1n) is 7.19. The fourth-order valence-corrected chi connectivity index (χ4v) is 2.14. The molecule has 21 heavy (non-hydrogen) atoms. The van der Waals surface area contributed by atoms with Gasteiger partial charge in [0.1, 0.15) is 5.76 Å². The summed E-state index contributed by atoms with van der Waals surface area (Å²) >= 11 is 0. The van der Waals surface area contributed by atoms with Crippen LogP contribution in [0.15, 0.2) is 47.1 Å². The summed E-state index contributed by atoms with van der Waals surface area (Å²) in [5.41, 5.74) is 2.40. The van der Waals surface area contributed by atoms with E-state index in [-0.39, 0.29) is 18.0 Å². The number of carbonyl (C=O) groups is 1. The van der Waals surface area contributed by atoms with E-state index in [1.165, 1.54) is 11.1 Å². The van der Waals surface area contributed by atoms with Crippen LogP contribution in [0.5, 0.6) is 0 Å². The first kappa shape index (κ1) is 15.3. The van der Waals surface area contributed by atoms with Crippen LogP contribution >= 0.6 is 0 Å². The third-order valence-corrected chi connectivity index (χ3v) is 3.49. The van der Waals surface area contributed by atoms with Crippen LogP contribution in [0.1, 0.15) is 36.8 Å². The lowest BCUT2D eigenvalue weighted by molar-refractivity contribution is -0.123. The summed E-state index contributed by atoms with van der Waals surface area (Å²) < 4.78 is 5.19. The molecule has 4 nitrogen and oxygen atoms in total. The molecule has 0 spiro atoms. The van der Waals surface area contributed by atoms with Gasteiger partial charge in [-0.3, -0.25) is 10.1 Å². The summed E-state index contributed by atoms with van der Waals surface area (Å²) in [5, 5.41) is 6.16. The third kappa shape index (κ3) is 4.46. The van der Waals surface area contributed by atoms with E-state index in [4.69, 9.17) is 4.42 Å². The van der Waals surface area contributed by atoms with Crippen molar-refractivity contribution in [2.75, 3.05) is 0 Å². The molecule has 2 atom stereocenters. The van der Waals surface area contributed by atoms with Gasteiger partial charge in [-0.15, -0.1) is 0 Å². The molecule has 2 aromatic rings. The molecule has 1 heterocycles. The summed E-state index contributed by atoms with van der Waals surface area (Å²) in [6.45, 7) is 6.40. The number of aryl methyl sites for hydroxylation is 1. The molecule has 0 fully saturated rings. The molecule has 0 radical (unpaired) electrons. The number of hydrogen-bond acceptors (Lipinski definition) is 3.